The van der Waals surface area contributed by atoms with E-state index in [1.807, 2.05) is 36.4 Å². The van der Waals surface area contributed by atoms with Crippen molar-refractivity contribution in [2.75, 3.05) is 27.9 Å². The first kappa shape index (κ1) is 20.3. The van der Waals surface area contributed by atoms with E-state index in [1.54, 1.807) is 19.2 Å². The first-order valence-corrected chi connectivity index (χ1v) is 9.36. The zero-order chi connectivity index (χ0) is 20.6. The quantitative estimate of drug-likeness (QED) is 0.623. The average molecular weight is 391 g/mol. The summed E-state index contributed by atoms with van der Waals surface area (Å²) in [6.07, 6.45) is 0. The van der Waals surface area contributed by atoms with E-state index >= 15 is 0 Å². The topological polar surface area (TPSA) is 56.8 Å². The lowest BCUT2D eigenvalue weighted by Gasteiger charge is -2.20. The van der Waals surface area contributed by atoms with Gasteiger partial charge in [0.15, 0.2) is 11.5 Å². The molecule has 0 saturated heterocycles. The Balaban J connectivity index is 1.86. The van der Waals surface area contributed by atoms with Gasteiger partial charge in [0.05, 0.1) is 26.9 Å². The van der Waals surface area contributed by atoms with E-state index in [-0.39, 0.29) is 11.8 Å². The van der Waals surface area contributed by atoms with Crippen molar-refractivity contribution in [2.45, 2.75) is 5.92 Å². The van der Waals surface area contributed by atoms with Crippen LogP contribution in [-0.2, 0) is 0 Å². The van der Waals surface area contributed by atoms with Gasteiger partial charge in [0.25, 0.3) is 5.91 Å². The number of methoxy groups -OCH3 is 3. The zero-order valence-electron chi connectivity index (χ0n) is 16.8. The predicted molar refractivity (Wildman–Crippen MR) is 113 cm³/mol. The molecule has 0 radical (unpaired) electrons. The van der Waals surface area contributed by atoms with E-state index in [0.717, 1.165) is 11.1 Å². The molecule has 3 rings (SSSR count). The van der Waals surface area contributed by atoms with Crippen molar-refractivity contribution in [3.63, 3.8) is 0 Å². The van der Waals surface area contributed by atoms with E-state index in [2.05, 4.69) is 29.6 Å². The first-order chi connectivity index (χ1) is 14.2. The molecule has 0 spiro atoms. The standard InChI is InChI=1S/C24H25NO4/c1-27-21-15-23(29-3)22(28-2)14-19(21)24(26)25-16-20(17-10-6-4-7-11-17)18-12-8-5-9-13-18/h4-15,20H,16H2,1-3H3,(H,25,26). The number of hydrogen-bond donors (Lipinski definition) is 1. The van der Waals surface area contributed by atoms with Crippen LogP contribution in [0.1, 0.15) is 27.4 Å². The van der Waals surface area contributed by atoms with Crippen molar-refractivity contribution in [2.24, 2.45) is 0 Å². The van der Waals surface area contributed by atoms with Gasteiger partial charge in [-0.15, -0.1) is 0 Å². The van der Waals surface area contributed by atoms with Crippen LogP contribution in [0, 0.1) is 0 Å². The highest BCUT2D eigenvalue weighted by atomic mass is 16.5. The number of benzene rings is 3. The second-order valence-corrected chi connectivity index (χ2v) is 6.49. The summed E-state index contributed by atoms with van der Waals surface area (Å²) in [5, 5.41) is 3.04. The van der Waals surface area contributed by atoms with Gasteiger partial charge < -0.3 is 19.5 Å². The van der Waals surface area contributed by atoms with Crippen LogP contribution in [0.25, 0.3) is 0 Å². The molecule has 0 heterocycles. The number of nitrogens with one attached hydrogen (secondary N) is 1. The molecule has 3 aromatic rings. The smallest absolute Gasteiger partial charge is 0.255 e. The van der Waals surface area contributed by atoms with Crippen molar-refractivity contribution in [3.05, 3.63) is 89.5 Å². The van der Waals surface area contributed by atoms with Crippen LogP contribution in [0.4, 0.5) is 0 Å². The van der Waals surface area contributed by atoms with Crippen LogP contribution in [0.5, 0.6) is 17.2 Å². The Morgan fingerprint density at radius 1 is 0.759 bits per heavy atom. The van der Waals surface area contributed by atoms with Crippen LogP contribution < -0.4 is 19.5 Å². The highest BCUT2D eigenvalue weighted by Crippen LogP contribution is 2.34. The van der Waals surface area contributed by atoms with Gasteiger partial charge in [0.2, 0.25) is 0 Å². The molecule has 0 fully saturated rings. The number of ether oxygens (including phenoxy) is 3. The Kier molecular flexibility index (Phi) is 6.74. The molecule has 0 aliphatic carbocycles. The van der Waals surface area contributed by atoms with Gasteiger partial charge in [-0.25, -0.2) is 0 Å². The lowest BCUT2D eigenvalue weighted by atomic mass is 9.91. The zero-order valence-corrected chi connectivity index (χ0v) is 16.8. The monoisotopic (exact) mass is 391 g/mol. The summed E-state index contributed by atoms with van der Waals surface area (Å²) in [6, 6.07) is 23.6. The molecule has 5 nitrogen and oxygen atoms in total. The lowest BCUT2D eigenvalue weighted by Crippen LogP contribution is -2.29. The third-order valence-corrected chi connectivity index (χ3v) is 4.82. The highest BCUT2D eigenvalue weighted by Gasteiger charge is 2.20. The van der Waals surface area contributed by atoms with Crippen LogP contribution in [0.3, 0.4) is 0 Å². The van der Waals surface area contributed by atoms with Crippen LogP contribution in [0.2, 0.25) is 0 Å². The molecule has 0 aliphatic heterocycles. The largest absolute Gasteiger partial charge is 0.496 e. The summed E-state index contributed by atoms with van der Waals surface area (Å²) in [6.45, 7) is 0.449. The normalized spacial score (nSPS) is 10.5. The minimum Gasteiger partial charge on any atom is -0.496 e. The van der Waals surface area contributed by atoms with Gasteiger partial charge in [0, 0.05) is 24.6 Å². The van der Waals surface area contributed by atoms with Gasteiger partial charge in [-0.2, -0.15) is 0 Å². The Labute approximate surface area is 171 Å². The molecule has 5 heteroatoms. The fourth-order valence-electron chi connectivity index (χ4n) is 3.30. The van der Waals surface area contributed by atoms with E-state index in [9.17, 15) is 4.79 Å². The maximum Gasteiger partial charge on any atom is 0.255 e. The molecule has 1 amide bonds. The Morgan fingerprint density at radius 2 is 1.24 bits per heavy atom. The molecular formula is C24H25NO4. The van der Waals surface area contributed by atoms with Crippen LogP contribution in [-0.4, -0.2) is 33.8 Å². The average Bonchev–Trinajstić information content (AvgIpc) is 2.79. The van der Waals surface area contributed by atoms with E-state index in [4.69, 9.17) is 14.2 Å². The van der Waals surface area contributed by atoms with Gasteiger partial charge in [0.1, 0.15) is 5.75 Å². The van der Waals surface area contributed by atoms with E-state index in [1.165, 1.54) is 14.2 Å². The summed E-state index contributed by atoms with van der Waals surface area (Å²) in [4.78, 5) is 13.0. The molecule has 0 aliphatic rings. The Morgan fingerprint density at radius 3 is 1.72 bits per heavy atom. The van der Waals surface area contributed by atoms with Gasteiger partial charge in [-0.3, -0.25) is 4.79 Å². The lowest BCUT2D eigenvalue weighted by molar-refractivity contribution is 0.0949. The molecule has 1 N–H and O–H groups in total. The SMILES string of the molecule is COc1cc(OC)c(C(=O)NCC(c2ccccc2)c2ccccc2)cc1OC. The van der Waals surface area contributed by atoms with Crippen LogP contribution >= 0.6 is 0 Å². The number of rotatable bonds is 8. The van der Waals surface area contributed by atoms with E-state index < -0.39 is 0 Å². The van der Waals surface area contributed by atoms with Gasteiger partial charge >= 0.3 is 0 Å². The maximum atomic E-state index is 13.0. The molecule has 0 unspecified atom stereocenters. The van der Waals surface area contributed by atoms with Crippen molar-refractivity contribution < 1.29 is 19.0 Å². The second kappa shape index (κ2) is 9.64. The Bertz CT molecular complexity index is 902. The molecule has 29 heavy (non-hydrogen) atoms. The van der Waals surface area contributed by atoms with Gasteiger partial charge in [-0.1, -0.05) is 60.7 Å². The highest BCUT2D eigenvalue weighted by molar-refractivity contribution is 5.97. The van der Waals surface area contributed by atoms with Crippen molar-refractivity contribution >= 4 is 5.91 Å². The Hall–Kier alpha value is -3.47. The minimum absolute atomic E-state index is 0.0347. The molecular weight excluding hydrogens is 366 g/mol. The molecule has 0 bridgehead atoms. The summed E-state index contributed by atoms with van der Waals surface area (Å²) in [7, 11) is 4.60. The molecule has 3 aromatic carbocycles. The summed E-state index contributed by atoms with van der Waals surface area (Å²) < 4.78 is 16.0. The third kappa shape index (κ3) is 4.69. The summed E-state index contributed by atoms with van der Waals surface area (Å²) in [5.41, 5.74) is 2.67. The minimum atomic E-state index is -0.236. The molecule has 0 aromatic heterocycles. The van der Waals surface area contributed by atoms with Gasteiger partial charge in [-0.05, 0) is 11.1 Å². The number of hydrogen-bond acceptors (Lipinski definition) is 4. The maximum absolute atomic E-state index is 13.0. The van der Waals surface area contributed by atoms with Crippen molar-refractivity contribution in [1.82, 2.24) is 5.32 Å². The molecule has 150 valence electrons. The number of carbonyl (C=O) groups is 1. The third-order valence-electron chi connectivity index (χ3n) is 4.82. The van der Waals surface area contributed by atoms with E-state index in [0.29, 0.717) is 29.4 Å². The summed E-state index contributed by atoms with van der Waals surface area (Å²) in [5.74, 6) is 1.21. The first-order valence-electron chi connectivity index (χ1n) is 9.36. The molecule has 0 saturated carbocycles. The van der Waals surface area contributed by atoms with Crippen molar-refractivity contribution in [1.29, 1.82) is 0 Å². The predicted octanol–water partition coefficient (Wildman–Crippen LogP) is 4.27. The second-order valence-electron chi connectivity index (χ2n) is 6.49. The number of carbonyl (C=O) groups excluding carboxylic acids is 1. The fourth-order valence-corrected chi connectivity index (χ4v) is 3.30. The van der Waals surface area contributed by atoms with Crippen LogP contribution in [0.15, 0.2) is 72.8 Å². The van der Waals surface area contributed by atoms with Crippen molar-refractivity contribution in [3.8, 4) is 17.2 Å². The number of amides is 1. The summed E-state index contributed by atoms with van der Waals surface area (Å²) >= 11 is 0. The molecule has 0 atom stereocenters. The fraction of sp³-hybridized carbons (Fsp3) is 0.208.